The highest BCUT2D eigenvalue weighted by Gasteiger charge is 2.06. The van der Waals surface area contributed by atoms with Gasteiger partial charge in [0.15, 0.2) is 0 Å². The minimum atomic E-state index is -0.198. The molecule has 0 spiro atoms. The summed E-state index contributed by atoms with van der Waals surface area (Å²) in [5.41, 5.74) is 4.42. The highest BCUT2D eigenvalue weighted by molar-refractivity contribution is 5.88. The first-order valence-electron chi connectivity index (χ1n) is 7.28. The van der Waals surface area contributed by atoms with Crippen molar-refractivity contribution < 1.29 is 4.39 Å². The number of aromatic nitrogens is 1. The van der Waals surface area contributed by atoms with Crippen LogP contribution in [0.2, 0.25) is 0 Å². The summed E-state index contributed by atoms with van der Waals surface area (Å²) in [4.78, 5) is 3.31. The van der Waals surface area contributed by atoms with E-state index in [-0.39, 0.29) is 5.82 Å². The van der Waals surface area contributed by atoms with E-state index in [2.05, 4.69) is 28.6 Å². The Morgan fingerprint density at radius 1 is 1.10 bits per heavy atom. The van der Waals surface area contributed by atoms with Crippen LogP contribution in [-0.2, 0) is 6.42 Å². The molecule has 2 nitrogen and oxygen atoms in total. The van der Waals surface area contributed by atoms with Crippen LogP contribution in [-0.4, -0.2) is 18.6 Å². The largest absolute Gasteiger partial charge is 0.361 e. The summed E-state index contributed by atoms with van der Waals surface area (Å²) in [6, 6.07) is 13.0. The molecule has 3 rings (SSSR count). The molecule has 108 valence electrons. The van der Waals surface area contributed by atoms with E-state index in [1.165, 1.54) is 17.0 Å². The van der Waals surface area contributed by atoms with Crippen LogP contribution in [0.15, 0.2) is 48.7 Å². The van der Waals surface area contributed by atoms with Crippen LogP contribution in [0.3, 0.4) is 0 Å². The first-order chi connectivity index (χ1) is 10.3. The van der Waals surface area contributed by atoms with Gasteiger partial charge in [-0.25, -0.2) is 4.39 Å². The number of H-pyrrole nitrogens is 1. The van der Waals surface area contributed by atoms with Crippen molar-refractivity contribution in [3.05, 3.63) is 60.0 Å². The van der Waals surface area contributed by atoms with Gasteiger partial charge >= 0.3 is 0 Å². The maximum atomic E-state index is 13.4. The fourth-order valence-electron chi connectivity index (χ4n) is 2.69. The summed E-state index contributed by atoms with van der Waals surface area (Å²) in [7, 11) is 1.97. The van der Waals surface area contributed by atoms with Crippen molar-refractivity contribution in [3.63, 3.8) is 0 Å². The third-order valence-electron chi connectivity index (χ3n) is 3.80. The quantitative estimate of drug-likeness (QED) is 0.677. The standard InChI is InChI=1S/C18H19FN2/c1-20-9-3-5-15-12-21-18-8-7-14(11-17(15)18)13-4-2-6-16(19)10-13/h2,4,6-8,10-12,20-21H,3,5,9H2,1H3. The molecule has 0 saturated heterocycles. The molecule has 3 aromatic rings. The average Bonchev–Trinajstić information content (AvgIpc) is 2.90. The number of hydrogen-bond donors (Lipinski definition) is 2. The van der Waals surface area contributed by atoms with E-state index in [4.69, 9.17) is 0 Å². The summed E-state index contributed by atoms with van der Waals surface area (Å²) < 4.78 is 13.4. The Morgan fingerprint density at radius 3 is 2.76 bits per heavy atom. The van der Waals surface area contributed by atoms with Gasteiger partial charge in [-0.15, -0.1) is 0 Å². The lowest BCUT2D eigenvalue weighted by molar-refractivity contribution is 0.628. The molecule has 0 fully saturated rings. The highest BCUT2D eigenvalue weighted by atomic mass is 19.1. The van der Waals surface area contributed by atoms with Crippen LogP contribution in [0.4, 0.5) is 4.39 Å². The van der Waals surface area contributed by atoms with Gasteiger partial charge in [-0.2, -0.15) is 0 Å². The Balaban J connectivity index is 1.96. The fraction of sp³-hybridized carbons (Fsp3) is 0.222. The smallest absolute Gasteiger partial charge is 0.123 e. The second kappa shape index (κ2) is 6.10. The Morgan fingerprint density at radius 2 is 1.95 bits per heavy atom. The van der Waals surface area contributed by atoms with E-state index >= 15 is 0 Å². The van der Waals surface area contributed by atoms with Gasteiger partial charge in [0.1, 0.15) is 5.82 Å². The predicted molar refractivity (Wildman–Crippen MR) is 85.9 cm³/mol. The minimum Gasteiger partial charge on any atom is -0.361 e. The molecule has 2 N–H and O–H groups in total. The van der Waals surface area contributed by atoms with Crippen molar-refractivity contribution in [3.8, 4) is 11.1 Å². The zero-order chi connectivity index (χ0) is 14.7. The number of aromatic amines is 1. The number of hydrogen-bond acceptors (Lipinski definition) is 1. The van der Waals surface area contributed by atoms with E-state index in [0.29, 0.717) is 0 Å². The second-order valence-electron chi connectivity index (χ2n) is 5.29. The van der Waals surface area contributed by atoms with E-state index in [0.717, 1.165) is 36.0 Å². The predicted octanol–water partition coefficient (Wildman–Crippen LogP) is 4.13. The van der Waals surface area contributed by atoms with Crippen LogP contribution >= 0.6 is 0 Å². The molecule has 0 aliphatic heterocycles. The SMILES string of the molecule is CNCCCc1c[nH]c2ccc(-c3cccc(F)c3)cc12. The highest BCUT2D eigenvalue weighted by Crippen LogP contribution is 2.27. The Bertz CT molecular complexity index is 746. The van der Waals surface area contributed by atoms with E-state index in [1.807, 2.05) is 19.2 Å². The van der Waals surface area contributed by atoms with Gasteiger partial charge in [0.2, 0.25) is 0 Å². The average molecular weight is 282 g/mol. The lowest BCUT2D eigenvalue weighted by Gasteiger charge is -2.04. The first-order valence-corrected chi connectivity index (χ1v) is 7.28. The number of halogens is 1. The molecular weight excluding hydrogens is 263 g/mol. The third kappa shape index (κ3) is 2.98. The molecule has 0 aliphatic carbocycles. The molecule has 1 aromatic heterocycles. The van der Waals surface area contributed by atoms with Gasteiger partial charge in [0.25, 0.3) is 0 Å². The van der Waals surface area contributed by atoms with Gasteiger partial charge in [0.05, 0.1) is 0 Å². The van der Waals surface area contributed by atoms with Crippen LogP contribution in [0.1, 0.15) is 12.0 Å². The molecule has 1 heterocycles. The van der Waals surface area contributed by atoms with Gasteiger partial charge in [0, 0.05) is 17.1 Å². The van der Waals surface area contributed by atoms with Gasteiger partial charge in [-0.05, 0) is 67.4 Å². The number of benzene rings is 2. The summed E-state index contributed by atoms with van der Waals surface area (Å²) in [5.74, 6) is -0.198. The lowest BCUT2D eigenvalue weighted by Crippen LogP contribution is -2.08. The van der Waals surface area contributed by atoms with Crippen molar-refractivity contribution in [1.29, 1.82) is 0 Å². The van der Waals surface area contributed by atoms with Gasteiger partial charge in [-0.1, -0.05) is 18.2 Å². The molecule has 0 radical (unpaired) electrons. The van der Waals surface area contributed by atoms with Crippen LogP contribution in [0, 0.1) is 5.82 Å². The molecule has 0 saturated carbocycles. The van der Waals surface area contributed by atoms with Crippen LogP contribution < -0.4 is 5.32 Å². The van der Waals surface area contributed by atoms with Crippen molar-refractivity contribution in [2.24, 2.45) is 0 Å². The molecule has 0 atom stereocenters. The number of aryl methyl sites for hydroxylation is 1. The van der Waals surface area contributed by atoms with Gasteiger partial charge in [-0.3, -0.25) is 0 Å². The number of rotatable bonds is 5. The summed E-state index contributed by atoms with van der Waals surface area (Å²) in [6.45, 7) is 1.01. The van der Waals surface area contributed by atoms with Crippen molar-refractivity contribution in [2.45, 2.75) is 12.8 Å². The lowest BCUT2D eigenvalue weighted by atomic mass is 10.0. The second-order valence-corrected chi connectivity index (χ2v) is 5.29. The van der Waals surface area contributed by atoms with E-state index in [1.54, 1.807) is 12.1 Å². The fourth-order valence-corrected chi connectivity index (χ4v) is 2.69. The Kier molecular flexibility index (Phi) is 4.02. The normalized spacial score (nSPS) is 11.1. The molecule has 0 amide bonds. The maximum Gasteiger partial charge on any atom is 0.123 e. The summed E-state index contributed by atoms with van der Waals surface area (Å²) in [6.07, 6.45) is 4.22. The molecule has 3 heteroatoms. The van der Waals surface area contributed by atoms with E-state index in [9.17, 15) is 4.39 Å². The number of fused-ring (bicyclic) bond motifs is 1. The first kappa shape index (κ1) is 13.8. The third-order valence-corrected chi connectivity index (χ3v) is 3.80. The van der Waals surface area contributed by atoms with Crippen molar-refractivity contribution >= 4 is 10.9 Å². The van der Waals surface area contributed by atoms with Gasteiger partial charge < -0.3 is 10.3 Å². The Hall–Kier alpha value is -2.13. The molecule has 2 aromatic carbocycles. The van der Waals surface area contributed by atoms with Crippen molar-refractivity contribution in [2.75, 3.05) is 13.6 Å². The van der Waals surface area contributed by atoms with Crippen LogP contribution in [0.5, 0.6) is 0 Å². The molecule has 21 heavy (non-hydrogen) atoms. The minimum absolute atomic E-state index is 0.198. The molecule has 0 aliphatic rings. The monoisotopic (exact) mass is 282 g/mol. The molecule has 0 bridgehead atoms. The zero-order valence-electron chi connectivity index (χ0n) is 12.1. The van der Waals surface area contributed by atoms with Crippen molar-refractivity contribution in [1.82, 2.24) is 10.3 Å². The molecule has 0 unspecified atom stereocenters. The topological polar surface area (TPSA) is 27.8 Å². The van der Waals surface area contributed by atoms with Crippen LogP contribution in [0.25, 0.3) is 22.0 Å². The maximum absolute atomic E-state index is 13.4. The zero-order valence-corrected chi connectivity index (χ0v) is 12.1. The van der Waals surface area contributed by atoms with E-state index < -0.39 is 0 Å². The summed E-state index contributed by atoms with van der Waals surface area (Å²) in [5, 5.41) is 4.40. The summed E-state index contributed by atoms with van der Waals surface area (Å²) >= 11 is 0. The number of nitrogens with one attached hydrogen (secondary N) is 2. The Labute approximate surface area is 124 Å². The molecular formula is C18H19FN2.